The van der Waals surface area contributed by atoms with Gasteiger partial charge >= 0.3 is 5.69 Å². The van der Waals surface area contributed by atoms with E-state index in [0.29, 0.717) is 23.5 Å². The van der Waals surface area contributed by atoms with E-state index in [1.54, 1.807) is 28.1 Å². The van der Waals surface area contributed by atoms with Crippen LogP contribution in [0.15, 0.2) is 66.6 Å². The Morgan fingerprint density at radius 3 is 2.57 bits per heavy atom. The number of piperazine rings is 1. The zero-order valence-electron chi connectivity index (χ0n) is 23.5. The fourth-order valence-corrected chi connectivity index (χ4v) is 5.34. The van der Waals surface area contributed by atoms with Crippen molar-refractivity contribution >= 4 is 22.8 Å². The predicted octanol–water partition coefficient (Wildman–Crippen LogP) is 4.65. The number of aromatic nitrogens is 4. The lowest BCUT2D eigenvalue weighted by Crippen LogP contribution is -2.54. The number of benzene rings is 1. The number of rotatable bonds is 6. The van der Waals surface area contributed by atoms with E-state index in [-0.39, 0.29) is 41.8 Å². The highest BCUT2D eigenvalue weighted by Gasteiger charge is 2.31. The average Bonchev–Trinajstić information content (AvgIpc) is 2.96. The van der Waals surface area contributed by atoms with Crippen molar-refractivity contribution in [2.75, 3.05) is 24.5 Å². The van der Waals surface area contributed by atoms with Crippen molar-refractivity contribution in [1.29, 1.82) is 0 Å². The summed E-state index contributed by atoms with van der Waals surface area (Å²) in [4.78, 5) is 43.0. The Bertz CT molecular complexity index is 1780. The maximum absolute atomic E-state index is 15.9. The molecule has 42 heavy (non-hydrogen) atoms. The third-order valence-corrected chi connectivity index (χ3v) is 7.40. The van der Waals surface area contributed by atoms with Crippen LogP contribution in [0, 0.1) is 18.6 Å². The highest BCUT2D eigenvalue weighted by atomic mass is 19.1. The molecule has 1 aliphatic rings. The van der Waals surface area contributed by atoms with Gasteiger partial charge < -0.3 is 14.9 Å². The van der Waals surface area contributed by atoms with Gasteiger partial charge in [0.15, 0.2) is 11.5 Å². The van der Waals surface area contributed by atoms with Crippen LogP contribution in [0.3, 0.4) is 0 Å². The van der Waals surface area contributed by atoms with E-state index >= 15 is 4.39 Å². The zero-order chi connectivity index (χ0) is 30.3. The molecule has 4 heterocycles. The predicted molar refractivity (Wildman–Crippen MR) is 157 cm³/mol. The summed E-state index contributed by atoms with van der Waals surface area (Å²) < 4.78 is 32.1. The molecular formula is C31H30F2N6O3. The summed E-state index contributed by atoms with van der Waals surface area (Å²) in [5, 5.41) is 10.6. The Morgan fingerprint density at radius 2 is 1.90 bits per heavy atom. The summed E-state index contributed by atoms with van der Waals surface area (Å²) in [6.45, 7) is 13.9. The van der Waals surface area contributed by atoms with Crippen molar-refractivity contribution in [3.8, 4) is 22.7 Å². The maximum Gasteiger partial charge on any atom is 0.355 e. The van der Waals surface area contributed by atoms with E-state index < -0.39 is 40.4 Å². The Balaban J connectivity index is 1.85. The van der Waals surface area contributed by atoms with Gasteiger partial charge in [-0.25, -0.2) is 23.1 Å². The Kier molecular flexibility index (Phi) is 7.59. The van der Waals surface area contributed by atoms with Crippen LogP contribution in [0.4, 0.5) is 14.6 Å². The number of carbonyl (C=O) groups is 1. The molecule has 0 bridgehead atoms. The first-order valence-corrected chi connectivity index (χ1v) is 13.4. The van der Waals surface area contributed by atoms with E-state index in [1.165, 1.54) is 22.8 Å². The fourth-order valence-electron chi connectivity index (χ4n) is 5.34. The summed E-state index contributed by atoms with van der Waals surface area (Å²) in [7, 11) is 0. The molecule has 0 aliphatic carbocycles. The molecule has 1 atom stereocenters. The maximum atomic E-state index is 15.9. The first kappa shape index (κ1) is 28.6. The van der Waals surface area contributed by atoms with Crippen LogP contribution in [0.5, 0.6) is 5.75 Å². The molecule has 1 aliphatic heterocycles. The van der Waals surface area contributed by atoms with E-state index in [9.17, 15) is 19.1 Å². The topological polar surface area (TPSA) is 104 Å². The van der Waals surface area contributed by atoms with Gasteiger partial charge in [-0.05, 0) is 48.7 Å². The quantitative estimate of drug-likeness (QED) is 0.265. The number of amides is 1. The fraction of sp³-hybridized carbons (Fsp3) is 0.258. The monoisotopic (exact) mass is 572 g/mol. The van der Waals surface area contributed by atoms with Crippen LogP contribution in [-0.4, -0.2) is 61.1 Å². The highest BCUT2D eigenvalue weighted by Crippen LogP contribution is 2.36. The molecule has 1 amide bonds. The molecule has 9 nitrogen and oxygen atoms in total. The van der Waals surface area contributed by atoms with Crippen molar-refractivity contribution in [3.05, 3.63) is 95.2 Å². The van der Waals surface area contributed by atoms with E-state index in [4.69, 9.17) is 0 Å². The summed E-state index contributed by atoms with van der Waals surface area (Å²) in [6.07, 6.45) is 4.49. The number of halogens is 2. The minimum absolute atomic E-state index is 0.00876. The molecule has 5 rings (SSSR count). The van der Waals surface area contributed by atoms with Crippen LogP contribution in [-0.2, 0) is 4.79 Å². The number of aromatic hydroxyl groups is 1. The third kappa shape index (κ3) is 4.80. The molecule has 216 valence electrons. The third-order valence-electron chi connectivity index (χ3n) is 7.40. The molecule has 1 unspecified atom stereocenters. The SMILES string of the molecule is C=CC(=O)N1CCN(c2nc(=O)n(-c3c(C)ccnc3C(C)C)c3nc(-c4c(O)cccc4F)c(F)cc23)C(C=C)C1. The molecule has 1 N–H and O–H groups in total. The second-order valence-corrected chi connectivity index (χ2v) is 10.4. The Hall–Kier alpha value is -4.93. The van der Waals surface area contributed by atoms with Crippen molar-refractivity contribution < 1.29 is 18.7 Å². The number of nitrogens with zero attached hydrogens (tertiary/aromatic N) is 6. The number of hydrogen-bond donors (Lipinski definition) is 1. The molecule has 1 saturated heterocycles. The standard InChI is InChI=1S/C31H30F2N6O3/c1-6-19-16-37(24(41)7-2)13-14-38(19)29-20-15-22(33)27(25-21(32)9-8-10-23(25)40)35-30(20)39(31(42)36-29)28-18(5)11-12-34-26(28)17(3)4/h6-12,15,17,19,40H,1-2,13-14,16H2,3-5H3. The first-order chi connectivity index (χ1) is 20.1. The van der Waals surface area contributed by atoms with Gasteiger partial charge in [0.1, 0.15) is 23.1 Å². The second kappa shape index (κ2) is 11.2. The van der Waals surface area contributed by atoms with E-state index in [1.807, 2.05) is 20.8 Å². The van der Waals surface area contributed by atoms with E-state index in [2.05, 4.69) is 28.1 Å². The summed E-state index contributed by atoms with van der Waals surface area (Å²) in [5.41, 5.74) is 0.147. The van der Waals surface area contributed by atoms with Gasteiger partial charge in [0.2, 0.25) is 5.91 Å². The number of carbonyl (C=O) groups excluding carboxylic acids is 1. The van der Waals surface area contributed by atoms with Gasteiger partial charge in [-0.2, -0.15) is 4.98 Å². The van der Waals surface area contributed by atoms with Crippen molar-refractivity contribution in [2.24, 2.45) is 0 Å². The number of pyridine rings is 2. The second-order valence-electron chi connectivity index (χ2n) is 10.4. The van der Waals surface area contributed by atoms with Gasteiger partial charge in [-0.1, -0.05) is 32.6 Å². The first-order valence-electron chi connectivity index (χ1n) is 13.4. The molecular weight excluding hydrogens is 542 g/mol. The lowest BCUT2D eigenvalue weighted by Gasteiger charge is -2.40. The lowest BCUT2D eigenvalue weighted by molar-refractivity contribution is -0.126. The highest BCUT2D eigenvalue weighted by molar-refractivity contribution is 5.91. The molecule has 1 fully saturated rings. The molecule has 0 radical (unpaired) electrons. The molecule has 11 heteroatoms. The van der Waals surface area contributed by atoms with Crippen LogP contribution in [0.2, 0.25) is 0 Å². The van der Waals surface area contributed by atoms with Crippen LogP contribution in [0.25, 0.3) is 28.0 Å². The van der Waals surface area contributed by atoms with Crippen LogP contribution in [0.1, 0.15) is 31.0 Å². The molecule has 3 aromatic heterocycles. The van der Waals surface area contributed by atoms with Gasteiger partial charge in [0.05, 0.1) is 28.4 Å². The Morgan fingerprint density at radius 1 is 1.14 bits per heavy atom. The number of fused-ring (bicyclic) bond motifs is 1. The Labute approximate surface area is 241 Å². The van der Waals surface area contributed by atoms with Gasteiger partial charge in [-0.15, -0.1) is 6.58 Å². The summed E-state index contributed by atoms with van der Waals surface area (Å²) in [6, 6.07) is 6.04. The summed E-state index contributed by atoms with van der Waals surface area (Å²) >= 11 is 0. The smallest absolute Gasteiger partial charge is 0.355 e. The van der Waals surface area contributed by atoms with Crippen molar-refractivity contribution in [1.82, 2.24) is 24.4 Å². The minimum atomic E-state index is -0.918. The molecule has 4 aromatic rings. The normalized spacial score (nSPS) is 15.3. The summed E-state index contributed by atoms with van der Waals surface area (Å²) in [5.74, 6) is -2.50. The number of hydrogen-bond acceptors (Lipinski definition) is 7. The number of phenolic OH excluding ortho intramolecular Hbond substituents is 1. The van der Waals surface area contributed by atoms with Gasteiger partial charge in [0, 0.05) is 25.8 Å². The molecule has 0 spiro atoms. The largest absolute Gasteiger partial charge is 0.507 e. The number of aryl methyl sites for hydroxylation is 1. The average molecular weight is 573 g/mol. The number of anilines is 1. The van der Waals surface area contributed by atoms with Crippen LogP contribution < -0.4 is 10.6 Å². The lowest BCUT2D eigenvalue weighted by atomic mass is 10.0. The zero-order valence-corrected chi connectivity index (χ0v) is 23.5. The van der Waals surface area contributed by atoms with Gasteiger partial charge in [0.25, 0.3) is 0 Å². The van der Waals surface area contributed by atoms with Crippen molar-refractivity contribution in [3.63, 3.8) is 0 Å². The van der Waals surface area contributed by atoms with E-state index in [0.717, 1.165) is 12.1 Å². The molecule has 0 saturated carbocycles. The van der Waals surface area contributed by atoms with Crippen molar-refractivity contribution in [2.45, 2.75) is 32.7 Å². The minimum Gasteiger partial charge on any atom is -0.507 e. The van der Waals surface area contributed by atoms with Gasteiger partial charge in [-0.3, -0.25) is 9.78 Å². The number of phenols is 1. The van der Waals surface area contributed by atoms with Crippen LogP contribution >= 0.6 is 0 Å². The molecule has 1 aromatic carbocycles.